The molecule has 0 bridgehead atoms. The van der Waals surface area contributed by atoms with Crippen molar-refractivity contribution in [2.75, 3.05) is 12.9 Å². The van der Waals surface area contributed by atoms with Crippen molar-refractivity contribution in [2.24, 2.45) is 11.3 Å². The van der Waals surface area contributed by atoms with Crippen molar-refractivity contribution in [3.63, 3.8) is 0 Å². The van der Waals surface area contributed by atoms with E-state index in [9.17, 15) is 0 Å². The van der Waals surface area contributed by atoms with Crippen LogP contribution in [-0.4, -0.2) is 25.0 Å². The fourth-order valence-electron chi connectivity index (χ4n) is 4.12. The normalized spacial score (nSPS) is 32.1. The largest absolute Gasteiger partial charge is 0.377 e. The third-order valence-electron chi connectivity index (χ3n) is 5.38. The SMILES string of the molecule is CSc1ccc(C(C)NC2C3CCCOC3C2(C)C)cc1. The Morgan fingerprint density at radius 1 is 1.29 bits per heavy atom. The van der Waals surface area contributed by atoms with Gasteiger partial charge in [-0.05, 0) is 43.7 Å². The van der Waals surface area contributed by atoms with Gasteiger partial charge in [0.15, 0.2) is 0 Å². The van der Waals surface area contributed by atoms with Gasteiger partial charge in [0.1, 0.15) is 0 Å². The van der Waals surface area contributed by atoms with Crippen LogP contribution in [0.2, 0.25) is 0 Å². The molecular weight excluding hydrogens is 278 g/mol. The molecule has 3 rings (SSSR count). The molecule has 0 spiro atoms. The molecule has 2 aliphatic rings. The quantitative estimate of drug-likeness (QED) is 0.840. The molecule has 0 aromatic heterocycles. The van der Waals surface area contributed by atoms with E-state index in [2.05, 4.69) is 56.6 Å². The van der Waals surface area contributed by atoms with Crippen molar-refractivity contribution < 1.29 is 4.74 Å². The third-order valence-corrected chi connectivity index (χ3v) is 6.12. The molecule has 4 atom stereocenters. The maximum Gasteiger partial charge on any atom is 0.0684 e. The van der Waals surface area contributed by atoms with Crippen LogP contribution < -0.4 is 5.32 Å². The van der Waals surface area contributed by atoms with Gasteiger partial charge < -0.3 is 10.1 Å². The van der Waals surface area contributed by atoms with E-state index in [1.165, 1.54) is 23.3 Å². The second-order valence-corrected chi connectivity index (χ2v) is 7.94. The highest BCUT2D eigenvalue weighted by molar-refractivity contribution is 7.98. The van der Waals surface area contributed by atoms with E-state index >= 15 is 0 Å². The first kappa shape index (κ1) is 15.4. The predicted molar refractivity (Wildman–Crippen MR) is 89.8 cm³/mol. The van der Waals surface area contributed by atoms with Crippen molar-refractivity contribution in [3.05, 3.63) is 29.8 Å². The van der Waals surface area contributed by atoms with Crippen molar-refractivity contribution in [2.45, 2.75) is 56.7 Å². The molecule has 2 nitrogen and oxygen atoms in total. The molecule has 116 valence electrons. The van der Waals surface area contributed by atoms with Crippen LogP contribution in [0.15, 0.2) is 29.2 Å². The lowest BCUT2D eigenvalue weighted by Gasteiger charge is -2.60. The lowest BCUT2D eigenvalue weighted by atomic mass is 9.55. The molecule has 1 heterocycles. The van der Waals surface area contributed by atoms with Crippen LogP contribution in [0.3, 0.4) is 0 Å². The smallest absolute Gasteiger partial charge is 0.0684 e. The molecule has 1 aliphatic carbocycles. The Morgan fingerprint density at radius 2 is 2.00 bits per heavy atom. The zero-order chi connectivity index (χ0) is 15.0. The summed E-state index contributed by atoms with van der Waals surface area (Å²) < 4.78 is 6.00. The Kier molecular flexibility index (Phi) is 4.35. The van der Waals surface area contributed by atoms with Gasteiger partial charge >= 0.3 is 0 Å². The molecule has 3 heteroatoms. The number of nitrogens with one attached hydrogen (secondary N) is 1. The van der Waals surface area contributed by atoms with E-state index in [0.29, 0.717) is 24.1 Å². The topological polar surface area (TPSA) is 21.3 Å². The van der Waals surface area contributed by atoms with Gasteiger partial charge in [-0.15, -0.1) is 11.8 Å². The molecular formula is C18H27NOS. The number of rotatable bonds is 4. The highest BCUT2D eigenvalue weighted by Crippen LogP contribution is 2.51. The van der Waals surface area contributed by atoms with E-state index in [0.717, 1.165) is 6.61 Å². The number of ether oxygens (including phenoxy) is 1. The van der Waals surface area contributed by atoms with Crippen molar-refractivity contribution in [1.82, 2.24) is 5.32 Å². The number of hydrogen-bond acceptors (Lipinski definition) is 3. The van der Waals surface area contributed by atoms with Gasteiger partial charge in [0.05, 0.1) is 6.10 Å². The van der Waals surface area contributed by atoms with Crippen LogP contribution in [0.4, 0.5) is 0 Å². The Morgan fingerprint density at radius 3 is 2.67 bits per heavy atom. The summed E-state index contributed by atoms with van der Waals surface area (Å²) in [5.41, 5.74) is 1.63. The lowest BCUT2D eigenvalue weighted by molar-refractivity contribution is -0.194. The summed E-state index contributed by atoms with van der Waals surface area (Å²) in [6.45, 7) is 7.92. The van der Waals surface area contributed by atoms with Crippen LogP contribution in [0.5, 0.6) is 0 Å². The van der Waals surface area contributed by atoms with E-state index in [1.54, 1.807) is 11.8 Å². The van der Waals surface area contributed by atoms with Gasteiger partial charge in [-0.2, -0.15) is 0 Å². The molecule has 1 N–H and O–H groups in total. The zero-order valence-corrected chi connectivity index (χ0v) is 14.4. The van der Waals surface area contributed by atoms with E-state index in [1.807, 2.05) is 0 Å². The van der Waals surface area contributed by atoms with Crippen LogP contribution in [0, 0.1) is 11.3 Å². The van der Waals surface area contributed by atoms with Crippen LogP contribution in [0.25, 0.3) is 0 Å². The Labute approximate surface area is 133 Å². The van der Waals surface area contributed by atoms with Crippen molar-refractivity contribution in [1.29, 1.82) is 0 Å². The molecule has 0 amide bonds. The first-order chi connectivity index (χ1) is 10.0. The van der Waals surface area contributed by atoms with Crippen LogP contribution in [0.1, 0.15) is 45.2 Å². The Balaban J connectivity index is 1.67. The minimum Gasteiger partial charge on any atom is -0.377 e. The summed E-state index contributed by atoms with van der Waals surface area (Å²) in [6.07, 6.45) is 5.10. The number of thioether (sulfide) groups is 1. The highest BCUT2D eigenvalue weighted by atomic mass is 32.2. The third kappa shape index (κ3) is 2.76. The summed E-state index contributed by atoms with van der Waals surface area (Å²) in [4.78, 5) is 1.33. The fourth-order valence-corrected chi connectivity index (χ4v) is 4.53. The Bertz CT molecular complexity index is 484. The average molecular weight is 305 g/mol. The second-order valence-electron chi connectivity index (χ2n) is 7.06. The first-order valence-corrected chi connectivity index (χ1v) is 9.28. The summed E-state index contributed by atoms with van der Waals surface area (Å²) in [6, 6.07) is 9.91. The molecule has 2 fully saturated rings. The van der Waals surface area contributed by atoms with E-state index < -0.39 is 0 Å². The standard InChI is InChI=1S/C18H27NOS/c1-12(13-7-9-14(21-4)10-8-13)19-16-15-6-5-11-20-17(15)18(16,2)3/h7-10,12,15-17,19H,5-6,11H2,1-4H3. The van der Waals surface area contributed by atoms with Gasteiger partial charge in [-0.3, -0.25) is 0 Å². The number of benzene rings is 1. The molecule has 1 aliphatic heterocycles. The maximum absolute atomic E-state index is 6.00. The molecule has 1 aromatic carbocycles. The minimum atomic E-state index is 0.249. The molecule has 1 saturated heterocycles. The molecule has 21 heavy (non-hydrogen) atoms. The second kappa shape index (κ2) is 5.94. The zero-order valence-electron chi connectivity index (χ0n) is 13.6. The van der Waals surface area contributed by atoms with E-state index in [-0.39, 0.29) is 5.41 Å². The molecule has 1 aromatic rings. The van der Waals surface area contributed by atoms with Gasteiger partial charge in [0.2, 0.25) is 0 Å². The minimum absolute atomic E-state index is 0.249. The monoisotopic (exact) mass is 305 g/mol. The van der Waals surface area contributed by atoms with Gasteiger partial charge in [-0.1, -0.05) is 26.0 Å². The first-order valence-electron chi connectivity index (χ1n) is 8.05. The van der Waals surface area contributed by atoms with Crippen molar-refractivity contribution >= 4 is 11.8 Å². The van der Waals surface area contributed by atoms with Gasteiger partial charge in [0, 0.05) is 34.9 Å². The molecule has 4 unspecified atom stereocenters. The summed E-state index contributed by atoms with van der Waals surface area (Å²) in [5.74, 6) is 0.696. The van der Waals surface area contributed by atoms with Crippen molar-refractivity contribution in [3.8, 4) is 0 Å². The van der Waals surface area contributed by atoms with Gasteiger partial charge in [0.25, 0.3) is 0 Å². The van der Waals surface area contributed by atoms with Crippen LogP contribution in [-0.2, 0) is 4.74 Å². The summed E-state index contributed by atoms with van der Waals surface area (Å²) >= 11 is 1.80. The molecule has 0 radical (unpaired) electrons. The fraction of sp³-hybridized carbons (Fsp3) is 0.667. The maximum atomic E-state index is 6.00. The Hall–Kier alpha value is -0.510. The highest BCUT2D eigenvalue weighted by Gasteiger charge is 2.57. The number of hydrogen-bond donors (Lipinski definition) is 1. The van der Waals surface area contributed by atoms with Gasteiger partial charge in [-0.25, -0.2) is 0 Å². The molecule has 1 saturated carbocycles. The summed E-state index contributed by atoms with van der Waals surface area (Å²) in [7, 11) is 0. The van der Waals surface area contributed by atoms with E-state index in [4.69, 9.17) is 4.74 Å². The summed E-state index contributed by atoms with van der Waals surface area (Å²) in [5, 5.41) is 3.87. The van der Waals surface area contributed by atoms with Crippen LogP contribution >= 0.6 is 11.8 Å². The number of fused-ring (bicyclic) bond motifs is 1. The average Bonchev–Trinajstić information content (AvgIpc) is 2.52. The lowest BCUT2D eigenvalue weighted by Crippen LogP contribution is -2.69. The predicted octanol–water partition coefficient (Wildman–Crippen LogP) is 4.26.